The molecule has 0 saturated carbocycles. The van der Waals surface area contributed by atoms with Gasteiger partial charge in [-0.25, -0.2) is 9.83 Å². The number of para-hydroxylation sites is 2. The van der Waals surface area contributed by atoms with Crippen molar-refractivity contribution >= 4 is 22.7 Å². The third-order valence-corrected chi connectivity index (χ3v) is 5.28. The number of aromatic nitrogens is 3. The Morgan fingerprint density at radius 3 is 2.96 bits per heavy atom. The van der Waals surface area contributed by atoms with Gasteiger partial charge in [0, 0.05) is 25.8 Å². The van der Waals surface area contributed by atoms with Gasteiger partial charge in [0.05, 0.1) is 48.6 Å². The highest BCUT2D eigenvalue weighted by Crippen LogP contribution is 2.28. The first kappa shape index (κ1) is 16.2. The monoisotopic (exact) mass is 360 g/mol. The van der Waals surface area contributed by atoms with Crippen molar-refractivity contribution in [3.63, 3.8) is 0 Å². The molecule has 2 aliphatic rings. The number of hydrogen-bond acceptors (Lipinski definition) is 5. The summed E-state index contributed by atoms with van der Waals surface area (Å²) in [6.07, 6.45) is 1.84. The van der Waals surface area contributed by atoms with Crippen LogP contribution in [0.3, 0.4) is 0 Å². The molecule has 1 N–H and O–H groups in total. The van der Waals surface area contributed by atoms with Gasteiger partial charge >= 0.3 is 0 Å². The van der Waals surface area contributed by atoms with Crippen molar-refractivity contribution in [1.82, 2.24) is 19.9 Å². The van der Waals surface area contributed by atoms with E-state index in [1.807, 2.05) is 30.3 Å². The zero-order valence-electron chi connectivity index (χ0n) is 14.9. The smallest absolute Gasteiger partial charge is 0.207 e. The Bertz CT molecular complexity index is 991. The number of imidazole rings is 1. The highest BCUT2D eigenvalue weighted by Gasteiger charge is 2.37. The summed E-state index contributed by atoms with van der Waals surface area (Å²) in [6.45, 7) is 11.1. The number of hydrogen-bond donors (Lipinski definition) is 1. The van der Waals surface area contributed by atoms with E-state index in [-0.39, 0.29) is 6.10 Å². The van der Waals surface area contributed by atoms with Crippen LogP contribution in [0.1, 0.15) is 5.69 Å². The molecular weight excluding hydrogens is 340 g/mol. The molecule has 1 aromatic carbocycles. The second-order valence-corrected chi connectivity index (χ2v) is 6.98. The van der Waals surface area contributed by atoms with E-state index >= 15 is 0 Å². The molecule has 2 fully saturated rings. The Hall–Kier alpha value is -2.95. The summed E-state index contributed by atoms with van der Waals surface area (Å²) >= 11 is 0. The van der Waals surface area contributed by atoms with Crippen LogP contribution in [-0.2, 0) is 11.3 Å². The minimum absolute atomic E-state index is 0.211. The minimum Gasteiger partial charge on any atom is -0.373 e. The standard InChI is InChI=1S/C20H20N6O/c1-21-14-6-7-15(23-10-14)11-26-18-5-3-2-4-16(18)24-20(26)25-12-17-19(13-25)27-9-8-22-17/h2-7,10,17,19,22H,8-9,11-13H2/t17-,19+/m0/s1. The number of morpholine rings is 1. The first-order chi connectivity index (χ1) is 13.3. The molecule has 0 unspecified atom stereocenters. The first-order valence-electron chi connectivity index (χ1n) is 9.19. The highest BCUT2D eigenvalue weighted by atomic mass is 16.5. The second-order valence-electron chi connectivity index (χ2n) is 6.98. The molecule has 3 aromatic rings. The van der Waals surface area contributed by atoms with Gasteiger partial charge in [0.1, 0.15) is 0 Å². The molecule has 2 aliphatic heterocycles. The number of nitrogens with zero attached hydrogens (tertiary/aromatic N) is 5. The van der Waals surface area contributed by atoms with Crippen LogP contribution in [0.5, 0.6) is 0 Å². The van der Waals surface area contributed by atoms with Crippen molar-refractivity contribution in [1.29, 1.82) is 0 Å². The van der Waals surface area contributed by atoms with Crippen molar-refractivity contribution in [3.05, 3.63) is 59.7 Å². The van der Waals surface area contributed by atoms with Gasteiger partial charge in [-0.2, -0.15) is 0 Å². The number of fused-ring (bicyclic) bond motifs is 2. The van der Waals surface area contributed by atoms with E-state index in [9.17, 15) is 0 Å². The molecule has 0 spiro atoms. The lowest BCUT2D eigenvalue weighted by Crippen LogP contribution is -2.47. The van der Waals surface area contributed by atoms with Crippen molar-refractivity contribution in [2.24, 2.45) is 0 Å². The minimum atomic E-state index is 0.211. The number of benzene rings is 1. The molecule has 0 amide bonds. The summed E-state index contributed by atoms with van der Waals surface area (Å²) in [5.74, 6) is 0.951. The van der Waals surface area contributed by atoms with E-state index in [4.69, 9.17) is 16.3 Å². The molecule has 2 saturated heterocycles. The van der Waals surface area contributed by atoms with Crippen LogP contribution in [0.15, 0.2) is 42.6 Å². The maximum Gasteiger partial charge on any atom is 0.207 e. The third-order valence-electron chi connectivity index (χ3n) is 5.28. The fourth-order valence-electron chi connectivity index (χ4n) is 3.96. The summed E-state index contributed by atoms with van der Waals surface area (Å²) in [5, 5.41) is 3.55. The average molecular weight is 360 g/mol. The van der Waals surface area contributed by atoms with Crippen molar-refractivity contribution in [3.8, 4) is 0 Å². The zero-order valence-corrected chi connectivity index (χ0v) is 14.9. The lowest BCUT2D eigenvalue weighted by Gasteiger charge is -2.25. The van der Waals surface area contributed by atoms with Crippen LogP contribution in [0.25, 0.3) is 15.9 Å². The normalized spacial score (nSPS) is 22.0. The largest absolute Gasteiger partial charge is 0.373 e. The molecule has 0 bridgehead atoms. The second kappa shape index (κ2) is 6.65. The van der Waals surface area contributed by atoms with Gasteiger partial charge < -0.3 is 19.5 Å². The Labute approximate surface area is 157 Å². The molecule has 27 heavy (non-hydrogen) atoms. The Morgan fingerprint density at radius 2 is 2.15 bits per heavy atom. The predicted octanol–water partition coefficient (Wildman–Crippen LogP) is 2.21. The van der Waals surface area contributed by atoms with Gasteiger partial charge in [0.25, 0.3) is 0 Å². The maximum absolute atomic E-state index is 7.09. The van der Waals surface area contributed by atoms with Crippen molar-refractivity contribution in [2.45, 2.75) is 18.7 Å². The molecule has 5 rings (SSSR count). The van der Waals surface area contributed by atoms with E-state index in [0.29, 0.717) is 18.3 Å². The summed E-state index contributed by atoms with van der Waals surface area (Å²) in [7, 11) is 0. The molecule has 4 heterocycles. The fraction of sp³-hybridized carbons (Fsp3) is 0.350. The number of anilines is 1. The van der Waals surface area contributed by atoms with E-state index in [1.54, 1.807) is 6.20 Å². The summed E-state index contributed by atoms with van der Waals surface area (Å²) < 4.78 is 8.14. The molecule has 136 valence electrons. The first-order valence-corrected chi connectivity index (χ1v) is 9.19. The van der Waals surface area contributed by atoms with Gasteiger partial charge in [-0.05, 0) is 18.2 Å². The topological polar surface area (TPSA) is 59.6 Å². The fourth-order valence-corrected chi connectivity index (χ4v) is 3.96. The Balaban J connectivity index is 1.52. The lowest BCUT2D eigenvalue weighted by molar-refractivity contribution is 0.0212. The van der Waals surface area contributed by atoms with E-state index in [0.717, 1.165) is 48.9 Å². The Kier molecular flexibility index (Phi) is 4.00. The summed E-state index contributed by atoms with van der Waals surface area (Å²) in [4.78, 5) is 15.1. The third kappa shape index (κ3) is 2.93. The van der Waals surface area contributed by atoms with Crippen LogP contribution in [-0.4, -0.2) is 52.9 Å². The van der Waals surface area contributed by atoms with Crippen LogP contribution >= 0.6 is 0 Å². The average Bonchev–Trinajstić information content (AvgIpc) is 3.30. The SMILES string of the molecule is [C-]#[N+]c1ccc(Cn2c(N3C[C@@H]4NCCO[C@@H]4C3)nc3ccccc32)nc1. The Morgan fingerprint density at radius 1 is 1.22 bits per heavy atom. The maximum atomic E-state index is 7.09. The quantitative estimate of drug-likeness (QED) is 0.726. The number of pyridine rings is 1. The molecule has 7 nitrogen and oxygen atoms in total. The number of nitrogens with one attached hydrogen (secondary N) is 1. The van der Waals surface area contributed by atoms with Crippen LogP contribution in [0, 0.1) is 6.57 Å². The molecule has 2 aromatic heterocycles. The van der Waals surface area contributed by atoms with Crippen molar-refractivity contribution < 1.29 is 4.74 Å². The molecule has 0 aliphatic carbocycles. The predicted molar refractivity (Wildman–Crippen MR) is 103 cm³/mol. The van der Waals surface area contributed by atoms with Gasteiger partial charge in [-0.3, -0.25) is 4.98 Å². The molecule has 7 heteroatoms. The van der Waals surface area contributed by atoms with Crippen molar-refractivity contribution in [2.75, 3.05) is 31.1 Å². The lowest BCUT2D eigenvalue weighted by atomic mass is 10.2. The zero-order chi connectivity index (χ0) is 18.2. The molecule has 0 radical (unpaired) electrons. The number of rotatable bonds is 3. The van der Waals surface area contributed by atoms with Crippen LogP contribution in [0.4, 0.5) is 11.6 Å². The van der Waals surface area contributed by atoms with Gasteiger partial charge in [-0.1, -0.05) is 18.2 Å². The van der Waals surface area contributed by atoms with Gasteiger partial charge in [0.15, 0.2) is 0 Å². The molecule has 2 atom stereocenters. The summed E-state index contributed by atoms with van der Waals surface area (Å²) in [6, 6.07) is 12.3. The van der Waals surface area contributed by atoms with Gasteiger partial charge in [0.2, 0.25) is 11.6 Å². The van der Waals surface area contributed by atoms with E-state index in [1.165, 1.54) is 0 Å². The van der Waals surface area contributed by atoms with E-state index < -0.39 is 0 Å². The van der Waals surface area contributed by atoms with Crippen LogP contribution in [0.2, 0.25) is 0 Å². The summed E-state index contributed by atoms with van der Waals surface area (Å²) in [5.41, 5.74) is 3.54. The van der Waals surface area contributed by atoms with Crippen LogP contribution < -0.4 is 10.2 Å². The van der Waals surface area contributed by atoms with Gasteiger partial charge in [-0.15, -0.1) is 0 Å². The number of ether oxygens (including phenoxy) is 1. The highest BCUT2D eigenvalue weighted by molar-refractivity contribution is 5.79. The molecular formula is C20H20N6O. The van der Waals surface area contributed by atoms with E-state index in [2.05, 4.69) is 30.7 Å².